The van der Waals surface area contributed by atoms with E-state index in [-0.39, 0.29) is 31.1 Å². The van der Waals surface area contributed by atoms with E-state index in [1.54, 1.807) is 0 Å². The highest BCUT2D eigenvalue weighted by molar-refractivity contribution is 5.71. The number of hydrogen-bond donors (Lipinski definition) is 0. The number of rotatable bonds is 38. The predicted molar refractivity (Wildman–Crippen MR) is 233 cm³/mol. The monoisotopic (exact) mass is 765 g/mol. The Hall–Kier alpha value is -3.41. The highest BCUT2D eigenvalue weighted by Crippen LogP contribution is 2.11. The lowest BCUT2D eigenvalue weighted by Gasteiger charge is -2.18. The van der Waals surface area contributed by atoms with Crippen molar-refractivity contribution in [1.82, 2.24) is 0 Å². The van der Waals surface area contributed by atoms with E-state index in [1.165, 1.54) is 25.7 Å². The Bertz CT molecular complexity index is 1110. The van der Waals surface area contributed by atoms with E-state index in [4.69, 9.17) is 14.2 Å². The fourth-order valence-corrected chi connectivity index (χ4v) is 5.59. The molecule has 1 unspecified atom stereocenters. The highest BCUT2D eigenvalue weighted by Gasteiger charge is 2.19. The van der Waals surface area contributed by atoms with Crippen LogP contribution in [0.5, 0.6) is 0 Å². The van der Waals surface area contributed by atoms with Gasteiger partial charge in [-0.05, 0) is 103 Å². The summed E-state index contributed by atoms with van der Waals surface area (Å²) in [6.45, 7) is 6.28. The van der Waals surface area contributed by atoms with Gasteiger partial charge in [0.25, 0.3) is 0 Å². The molecule has 1 atom stereocenters. The van der Waals surface area contributed by atoms with Gasteiger partial charge in [0.2, 0.25) is 0 Å². The molecule has 0 heterocycles. The maximum Gasteiger partial charge on any atom is 0.306 e. The van der Waals surface area contributed by atoms with Crippen molar-refractivity contribution in [1.29, 1.82) is 0 Å². The van der Waals surface area contributed by atoms with Gasteiger partial charge in [-0.15, -0.1) is 0 Å². The van der Waals surface area contributed by atoms with Crippen LogP contribution >= 0.6 is 0 Å². The Kier molecular flexibility index (Phi) is 40.6. The molecule has 0 saturated heterocycles. The lowest BCUT2D eigenvalue weighted by atomic mass is 10.1. The minimum Gasteiger partial charge on any atom is -0.462 e. The SMILES string of the molecule is CC/C=C\C/C=C\C/C=C\C/C=C\CCCCCC(=O)OCC(COC(=O)CCC/C=C\CCCCCC)OC(=O)CCCCCCC/C=C\C/C=C\CC. The van der Waals surface area contributed by atoms with Gasteiger partial charge in [0, 0.05) is 19.3 Å². The van der Waals surface area contributed by atoms with E-state index in [9.17, 15) is 14.4 Å². The van der Waals surface area contributed by atoms with E-state index >= 15 is 0 Å². The topological polar surface area (TPSA) is 78.9 Å². The summed E-state index contributed by atoms with van der Waals surface area (Å²) >= 11 is 0. The summed E-state index contributed by atoms with van der Waals surface area (Å²) in [6, 6.07) is 0. The van der Waals surface area contributed by atoms with E-state index in [0.717, 1.165) is 116 Å². The predicted octanol–water partition coefficient (Wildman–Crippen LogP) is 14.1. The van der Waals surface area contributed by atoms with Gasteiger partial charge < -0.3 is 14.2 Å². The maximum atomic E-state index is 12.7. The average molecular weight is 765 g/mol. The molecule has 6 nitrogen and oxygen atoms in total. The molecule has 55 heavy (non-hydrogen) atoms. The number of unbranched alkanes of at least 4 members (excludes halogenated alkanes) is 13. The van der Waals surface area contributed by atoms with Crippen molar-refractivity contribution in [3.8, 4) is 0 Å². The summed E-state index contributed by atoms with van der Waals surface area (Å²) in [7, 11) is 0. The minimum absolute atomic E-state index is 0.109. The minimum atomic E-state index is -0.805. The number of allylic oxidation sites excluding steroid dienone is 14. The van der Waals surface area contributed by atoms with Crippen molar-refractivity contribution in [3.63, 3.8) is 0 Å². The van der Waals surface area contributed by atoms with Crippen LogP contribution in [0, 0.1) is 0 Å². The van der Waals surface area contributed by atoms with Crippen LogP contribution in [0.2, 0.25) is 0 Å². The zero-order chi connectivity index (χ0) is 40.1. The number of esters is 3. The number of ether oxygens (including phenoxy) is 3. The molecule has 0 aromatic carbocycles. The lowest BCUT2D eigenvalue weighted by Crippen LogP contribution is -2.30. The van der Waals surface area contributed by atoms with Crippen LogP contribution in [0.1, 0.15) is 188 Å². The summed E-state index contributed by atoms with van der Waals surface area (Å²) in [5, 5.41) is 0. The first-order chi connectivity index (χ1) is 27.0. The van der Waals surface area contributed by atoms with Crippen molar-refractivity contribution >= 4 is 17.9 Å². The molecule has 0 aromatic rings. The third-order valence-electron chi connectivity index (χ3n) is 8.86. The molecular formula is C49H80O6. The van der Waals surface area contributed by atoms with Gasteiger partial charge in [0.1, 0.15) is 13.2 Å². The molecule has 0 N–H and O–H groups in total. The summed E-state index contributed by atoms with van der Waals surface area (Å²) in [5.41, 5.74) is 0. The molecule has 312 valence electrons. The van der Waals surface area contributed by atoms with Crippen molar-refractivity contribution in [2.75, 3.05) is 13.2 Å². The second-order valence-corrected chi connectivity index (χ2v) is 14.2. The second-order valence-electron chi connectivity index (χ2n) is 14.2. The molecule has 0 bridgehead atoms. The molecule has 0 rings (SSSR count). The molecule has 0 aliphatic heterocycles. The lowest BCUT2D eigenvalue weighted by molar-refractivity contribution is -0.167. The van der Waals surface area contributed by atoms with Gasteiger partial charge >= 0.3 is 17.9 Å². The molecule has 6 heteroatoms. The molecule has 0 aliphatic carbocycles. The fourth-order valence-electron chi connectivity index (χ4n) is 5.59. The highest BCUT2D eigenvalue weighted by atomic mass is 16.6. The Morgan fingerprint density at radius 3 is 1.22 bits per heavy atom. The molecule has 0 aromatic heterocycles. The Labute approximate surface area is 337 Å². The van der Waals surface area contributed by atoms with Gasteiger partial charge in [0.05, 0.1) is 0 Å². The van der Waals surface area contributed by atoms with Crippen LogP contribution < -0.4 is 0 Å². The standard InChI is InChI=1S/C49H80O6/c1-4-7-10-13-16-19-21-23-24-25-26-28-30-33-36-39-42-48(51)54-45-46(44-53-47(50)41-38-35-32-29-18-15-12-9-6-3)55-49(52)43-40-37-34-31-27-22-20-17-14-11-8-5-2/h7-8,10-11,16-17,19-20,23-24,26,28-29,32,46H,4-6,9,12-15,18,21-22,25,27,30-31,33-45H2,1-3H3/b10-7-,11-8-,19-16-,20-17-,24-23-,28-26-,32-29-. The molecule has 0 amide bonds. The largest absolute Gasteiger partial charge is 0.462 e. The molecule has 0 fully saturated rings. The quantitative estimate of drug-likeness (QED) is 0.0270. The van der Waals surface area contributed by atoms with E-state index < -0.39 is 6.10 Å². The van der Waals surface area contributed by atoms with E-state index in [2.05, 4.69) is 106 Å². The second kappa shape index (κ2) is 43.3. The van der Waals surface area contributed by atoms with Crippen molar-refractivity contribution in [2.45, 2.75) is 194 Å². The Balaban J connectivity index is 4.47. The molecule has 0 saturated carbocycles. The smallest absolute Gasteiger partial charge is 0.306 e. The van der Waals surface area contributed by atoms with E-state index in [1.807, 2.05) is 0 Å². The van der Waals surface area contributed by atoms with Crippen molar-refractivity contribution in [3.05, 3.63) is 85.1 Å². The summed E-state index contributed by atoms with van der Waals surface area (Å²) in [6.07, 6.45) is 54.3. The first kappa shape index (κ1) is 51.6. The number of hydrogen-bond acceptors (Lipinski definition) is 6. The third kappa shape index (κ3) is 41.6. The van der Waals surface area contributed by atoms with Gasteiger partial charge in [-0.3, -0.25) is 14.4 Å². The van der Waals surface area contributed by atoms with Crippen LogP contribution in [-0.4, -0.2) is 37.2 Å². The first-order valence-electron chi connectivity index (χ1n) is 22.1. The van der Waals surface area contributed by atoms with Crippen LogP contribution in [0.4, 0.5) is 0 Å². The number of carbonyl (C=O) groups is 3. The van der Waals surface area contributed by atoms with E-state index in [0.29, 0.717) is 25.7 Å². The average Bonchev–Trinajstić information content (AvgIpc) is 3.18. The first-order valence-corrected chi connectivity index (χ1v) is 22.1. The molecular weight excluding hydrogens is 685 g/mol. The van der Waals surface area contributed by atoms with Crippen LogP contribution in [-0.2, 0) is 28.6 Å². The zero-order valence-corrected chi connectivity index (χ0v) is 35.4. The maximum absolute atomic E-state index is 12.7. The normalized spacial score (nSPS) is 12.9. The van der Waals surface area contributed by atoms with Crippen LogP contribution in [0.25, 0.3) is 0 Å². The summed E-state index contributed by atoms with van der Waals surface area (Å²) in [5.74, 6) is -0.999. The third-order valence-corrected chi connectivity index (χ3v) is 8.86. The zero-order valence-electron chi connectivity index (χ0n) is 35.4. The van der Waals surface area contributed by atoms with Gasteiger partial charge in [0.15, 0.2) is 6.10 Å². The summed E-state index contributed by atoms with van der Waals surface area (Å²) < 4.78 is 16.6. The van der Waals surface area contributed by atoms with Gasteiger partial charge in [-0.1, -0.05) is 151 Å². The number of carbonyl (C=O) groups excluding carboxylic acids is 3. The molecule has 0 aliphatic rings. The molecule has 0 spiro atoms. The van der Waals surface area contributed by atoms with Crippen LogP contribution in [0.15, 0.2) is 85.1 Å². The van der Waals surface area contributed by atoms with Crippen molar-refractivity contribution in [2.24, 2.45) is 0 Å². The fraction of sp³-hybridized carbons (Fsp3) is 0.653. The van der Waals surface area contributed by atoms with Crippen LogP contribution in [0.3, 0.4) is 0 Å². The Morgan fingerprint density at radius 2 is 0.727 bits per heavy atom. The Morgan fingerprint density at radius 1 is 0.382 bits per heavy atom. The van der Waals surface area contributed by atoms with Gasteiger partial charge in [-0.25, -0.2) is 0 Å². The van der Waals surface area contributed by atoms with Gasteiger partial charge in [-0.2, -0.15) is 0 Å². The molecule has 0 radical (unpaired) electrons. The van der Waals surface area contributed by atoms with Crippen molar-refractivity contribution < 1.29 is 28.6 Å². The summed E-state index contributed by atoms with van der Waals surface area (Å²) in [4.78, 5) is 37.6.